The van der Waals surface area contributed by atoms with E-state index in [0.717, 1.165) is 11.1 Å². The average molecular weight is 324 g/mol. The SMILES string of the molecule is CCOC1(OCC)N=C(N)[C@@]2(C#N)[C@H](c3ccccc3C)[C@@]12C#N. The van der Waals surface area contributed by atoms with Gasteiger partial charge in [-0.15, -0.1) is 0 Å². The fourth-order valence-electron chi connectivity index (χ4n) is 4.13. The Morgan fingerprint density at radius 2 is 1.79 bits per heavy atom. The zero-order valence-corrected chi connectivity index (χ0v) is 14.0. The molecule has 1 aliphatic carbocycles. The minimum Gasteiger partial charge on any atom is -0.386 e. The van der Waals surface area contributed by atoms with E-state index in [-0.39, 0.29) is 5.84 Å². The normalized spacial score (nSPS) is 32.4. The monoisotopic (exact) mass is 324 g/mol. The summed E-state index contributed by atoms with van der Waals surface area (Å²) >= 11 is 0. The smallest absolute Gasteiger partial charge is 0.293 e. The topological polar surface area (TPSA) is 104 Å². The maximum absolute atomic E-state index is 10.1. The Morgan fingerprint density at radius 1 is 1.17 bits per heavy atom. The van der Waals surface area contributed by atoms with Crippen molar-refractivity contribution in [3.63, 3.8) is 0 Å². The third-order valence-corrected chi connectivity index (χ3v) is 5.11. The second kappa shape index (κ2) is 5.31. The van der Waals surface area contributed by atoms with Crippen molar-refractivity contribution in [1.82, 2.24) is 0 Å². The third kappa shape index (κ3) is 1.57. The molecule has 0 saturated heterocycles. The number of aryl methyl sites for hydroxylation is 1. The molecule has 6 nitrogen and oxygen atoms in total. The molecule has 3 atom stereocenters. The van der Waals surface area contributed by atoms with Crippen LogP contribution in [0.2, 0.25) is 0 Å². The number of aliphatic imine (C=N–C) groups is 1. The molecule has 1 saturated carbocycles. The van der Waals surface area contributed by atoms with Gasteiger partial charge in [0.2, 0.25) is 0 Å². The molecule has 2 N–H and O–H groups in total. The van der Waals surface area contributed by atoms with Crippen molar-refractivity contribution in [2.24, 2.45) is 21.6 Å². The molecule has 1 aliphatic heterocycles. The van der Waals surface area contributed by atoms with Crippen LogP contribution in [0.5, 0.6) is 0 Å². The molecule has 0 unspecified atom stereocenters. The van der Waals surface area contributed by atoms with Gasteiger partial charge in [-0.3, -0.25) is 0 Å². The van der Waals surface area contributed by atoms with Gasteiger partial charge in [0.05, 0.1) is 12.1 Å². The minimum absolute atomic E-state index is 0.113. The molecule has 24 heavy (non-hydrogen) atoms. The van der Waals surface area contributed by atoms with Crippen LogP contribution in [0.4, 0.5) is 0 Å². The number of benzene rings is 1. The van der Waals surface area contributed by atoms with Crippen molar-refractivity contribution in [3.8, 4) is 12.1 Å². The summed E-state index contributed by atoms with van der Waals surface area (Å²) < 4.78 is 11.6. The quantitative estimate of drug-likeness (QED) is 0.836. The van der Waals surface area contributed by atoms with Crippen LogP contribution in [0, 0.1) is 40.4 Å². The van der Waals surface area contributed by atoms with Crippen LogP contribution < -0.4 is 5.73 Å². The molecule has 0 radical (unpaired) electrons. The Labute approximate surface area is 141 Å². The molecule has 3 rings (SSSR count). The van der Waals surface area contributed by atoms with Gasteiger partial charge in [0.1, 0.15) is 11.3 Å². The van der Waals surface area contributed by atoms with E-state index < -0.39 is 22.7 Å². The second-order valence-corrected chi connectivity index (χ2v) is 6.07. The predicted octanol–water partition coefficient (Wildman–Crippen LogP) is 2.21. The van der Waals surface area contributed by atoms with Gasteiger partial charge in [-0.25, -0.2) is 4.99 Å². The molecular formula is C18H20N4O2. The highest BCUT2D eigenvalue weighted by atomic mass is 16.7. The van der Waals surface area contributed by atoms with E-state index >= 15 is 0 Å². The number of nitriles is 2. The molecule has 0 bridgehead atoms. The lowest BCUT2D eigenvalue weighted by molar-refractivity contribution is -0.255. The van der Waals surface area contributed by atoms with E-state index in [4.69, 9.17) is 15.2 Å². The summed E-state index contributed by atoms with van der Waals surface area (Å²) in [4.78, 5) is 4.33. The average Bonchev–Trinajstić information content (AvgIpc) is 3.14. The maximum Gasteiger partial charge on any atom is 0.293 e. The highest BCUT2D eigenvalue weighted by molar-refractivity contribution is 6.00. The number of rotatable bonds is 5. The van der Waals surface area contributed by atoms with Gasteiger partial charge in [-0.05, 0) is 31.9 Å². The number of hydrogen-bond donors (Lipinski definition) is 1. The Morgan fingerprint density at radius 3 is 2.29 bits per heavy atom. The van der Waals surface area contributed by atoms with Crippen molar-refractivity contribution < 1.29 is 9.47 Å². The lowest BCUT2D eigenvalue weighted by Gasteiger charge is -2.31. The lowest BCUT2D eigenvalue weighted by Crippen LogP contribution is -2.43. The van der Waals surface area contributed by atoms with Gasteiger partial charge >= 0.3 is 0 Å². The second-order valence-electron chi connectivity index (χ2n) is 6.07. The van der Waals surface area contributed by atoms with Crippen LogP contribution in [0.25, 0.3) is 0 Å². The van der Waals surface area contributed by atoms with Crippen molar-refractivity contribution in [2.75, 3.05) is 13.2 Å². The first-order valence-corrected chi connectivity index (χ1v) is 8.03. The molecular weight excluding hydrogens is 304 g/mol. The van der Waals surface area contributed by atoms with Crippen LogP contribution in [-0.2, 0) is 9.47 Å². The van der Waals surface area contributed by atoms with Gasteiger partial charge in [0, 0.05) is 19.1 Å². The summed E-state index contributed by atoms with van der Waals surface area (Å²) in [6, 6.07) is 12.3. The Kier molecular flexibility index (Phi) is 3.64. The fourth-order valence-corrected chi connectivity index (χ4v) is 4.13. The van der Waals surface area contributed by atoms with Gasteiger partial charge in [-0.1, -0.05) is 24.3 Å². The molecule has 0 spiro atoms. The number of hydrogen-bond acceptors (Lipinski definition) is 6. The summed E-state index contributed by atoms with van der Waals surface area (Å²) in [5.74, 6) is -1.86. The molecule has 124 valence electrons. The molecule has 1 fully saturated rings. The van der Waals surface area contributed by atoms with E-state index in [1.807, 2.05) is 31.2 Å². The van der Waals surface area contributed by atoms with Crippen molar-refractivity contribution in [1.29, 1.82) is 10.5 Å². The Balaban J connectivity index is 2.25. The summed E-state index contributed by atoms with van der Waals surface area (Å²) in [6.45, 7) is 6.14. The fraction of sp³-hybridized carbons (Fsp3) is 0.500. The number of ether oxygens (including phenoxy) is 2. The highest BCUT2D eigenvalue weighted by Gasteiger charge is 2.93. The Bertz CT molecular complexity index is 785. The van der Waals surface area contributed by atoms with Gasteiger partial charge in [0.15, 0.2) is 5.41 Å². The third-order valence-electron chi connectivity index (χ3n) is 5.11. The summed E-state index contributed by atoms with van der Waals surface area (Å²) in [5, 5.41) is 20.1. The van der Waals surface area contributed by atoms with E-state index in [9.17, 15) is 10.5 Å². The predicted molar refractivity (Wildman–Crippen MR) is 87.6 cm³/mol. The largest absolute Gasteiger partial charge is 0.386 e. The molecule has 1 aromatic carbocycles. The van der Waals surface area contributed by atoms with Crippen molar-refractivity contribution in [2.45, 2.75) is 32.6 Å². The molecule has 2 aliphatic rings. The lowest BCUT2D eigenvalue weighted by atomic mass is 9.93. The molecule has 0 amide bonds. The number of nitrogens with two attached hydrogens (primary N) is 1. The summed E-state index contributed by atoms with van der Waals surface area (Å²) in [7, 11) is 0. The van der Waals surface area contributed by atoms with Gasteiger partial charge in [-0.2, -0.15) is 10.5 Å². The first-order chi connectivity index (χ1) is 11.5. The minimum atomic E-state index is -1.54. The van der Waals surface area contributed by atoms with Crippen molar-refractivity contribution in [3.05, 3.63) is 35.4 Å². The maximum atomic E-state index is 10.1. The molecule has 0 aromatic heterocycles. The summed E-state index contributed by atoms with van der Waals surface area (Å²) in [5.41, 5.74) is 5.55. The summed E-state index contributed by atoms with van der Waals surface area (Å²) in [6.07, 6.45) is 0. The zero-order valence-electron chi connectivity index (χ0n) is 14.0. The number of amidine groups is 1. The van der Waals surface area contributed by atoms with E-state index in [1.54, 1.807) is 13.8 Å². The van der Waals surface area contributed by atoms with E-state index in [1.165, 1.54) is 0 Å². The standard InChI is InChI=1S/C18H20N4O2/c1-4-23-18(24-5-2)17(11-20)14(13-9-7-6-8-12(13)3)16(17,10-19)15(21)22-18/h6-9,14H,4-5H2,1-3H3,(H2,21,22)/t14-,16+,17+/m0/s1. The highest BCUT2D eigenvalue weighted by Crippen LogP contribution is 2.82. The first-order valence-electron chi connectivity index (χ1n) is 8.03. The molecule has 1 aromatic rings. The van der Waals surface area contributed by atoms with E-state index in [0.29, 0.717) is 13.2 Å². The number of nitrogens with zero attached hydrogens (tertiary/aromatic N) is 3. The van der Waals surface area contributed by atoms with E-state index in [2.05, 4.69) is 17.1 Å². The Hall–Kier alpha value is -2.41. The van der Waals surface area contributed by atoms with Crippen LogP contribution in [0.3, 0.4) is 0 Å². The first kappa shape index (κ1) is 16.4. The zero-order chi connectivity index (χ0) is 17.6. The number of fused-ring (bicyclic) bond motifs is 1. The van der Waals surface area contributed by atoms with Crippen LogP contribution in [0.1, 0.15) is 30.9 Å². The van der Waals surface area contributed by atoms with Crippen molar-refractivity contribution >= 4 is 5.84 Å². The van der Waals surface area contributed by atoms with Crippen LogP contribution in [-0.4, -0.2) is 25.0 Å². The molecule has 1 heterocycles. The van der Waals surface area contributed by atoms with Crippen LogP contribution >= 0.6 is 0 Å². The molecule has 6 heteroatoms. The van der Waals surface area contributed by atoms with Gasteiger partial charge < -0.3 is 15.2 Å². The van der Waals surface area contributed by atoms with Gasteiger partial charge in [0.25, 0.3) is 5.91 Å². The van der Waals surface area contributed by atoms with Crippen LogP contribution in [0.15, 0.2) is 29.3 Å².